The summed E-state index contributed by atoms with van der Waals surface area (Å²) >= 11 is 14.1. The molecule has 0 bridgehead atoms. The Morgan fingerprint density at radius 3 is 1.64 bits per heavy atom. The van der Waals surface area contributed by atoms with Crippen LogP contribution >= 0.6 is 46.7 Å². The summed E-state index contributed by atoms with van der Waals surface area (Å²) in [5.74, 6) is 0. The molecule has 0 heterocycles. The van der Waals surface area contributed by atoms with E-state index >= 15 is 0 Å². The summed E-state index contributed by atoms with van der Waals surface area (Å²) in [6.07, 6.45) is 0. The van der Waals surface area contributed by atoms with Gasteiger partial charge in [0.1, 0.15) is 0 Å². The van der Waals surface area contributed by atoms with Crippen molar-refractivity contribution in [2.45, 2.75) is 9.79 Å². The number of rotatable bonds is 4. The maximum absolute atomic E-state index is 5.46. The standard InChI is InChI=1S/C10H8Cl2S2/c11-5-7-13-9-3-1-2-4-10(9)14-8-6-12/h1-8H/b7-5-,8-6-. The molecule has 0 saturated carbocycles. The fraction of sp³-hybridized carbons (Fsp3) is 0. The minimum atomic E-state index is 1.17. The highest BCUT2D eigenvalue weighted by Gasteiger charge is 1.98. The maximum atomic E-state index is 5.46. The van der Waals surface area contributed by atoms with Crippen molar-refractivity contribution in [3.05, 3.63) is 46.2 Å². The summed E-state index contributed by atoms with van der Waals surface area (Å²) in [6, 6.07) is 8.09. The van der Waals surface area contributed by atoms with Crippen molar-refractivity contribution in [1.29, 1.82) is 0 Å². The maximum Gasteiger partial charge on any atom is 0.0256 e. The minimum absolute atomic E-state index is 1.17. The Morgan fingerprint density at radius 2 is 1.29 bits per heavy atom. The summed E-state index contributed by atoms with van der Waals surface area (Å²) in [4.78, 5) is 2.34. The van der Waals surface area contributed by atoms with Crippen LogP contribution in [0.2, 0.25) is 0 Å². The molecule has 1 rings (SSSR count). The zero-order chi connectivity index (χ0) is 10.2. The lowest BCUT2D eigenvalue weighted by atomic mass is 10.4. The summed E-state index contributed by atoms with van der Waals surface area (Å²) in [6.45, 7) is 0. The first-order chi connectivity index (χ1) is 6.88. The van der Waals surface area contributed by atoms with E-state index < -0.39 is 0 Å². The summed E-state index contributed by atoms with van der Waals surface area (Å²) in [7, 11) is 0. The Kier molecular flexibility index (Phi) is 6.28. The largest absolute Gasteiger partial charge is 0.0960 e. The van der Waals surface area contributed by atoms with Crippen molar-refractivity contribution < 1.29 is 0 Å². The van der Waals surface area contributed by atoms with Crippen LogP contribution in [0.15, 0.2) is 55.9 Å². The first kappa shape index (κ1) is 12.1. The summed E-state index contributed by atoms with van der Waals surface area (Å²) < 4.78 is 0. The molecular weight excluding hydrogens is 255 g/mol. The second kappa shape index (κ2) is 7.30. The van der Waals surface area contributed by atoms with Gasteiger partial charge in [-0.15, -0.1) is 0 Å². The molecule has 0 saturated heterocycles. The van der Waals surface area contributed by atoms with E-state index in [0.717, 1.165) is 0 Å². The number of halogens is 2. The van der Waals surface area contributed by atoms with E-state index in [9.17, 15) is 0 Å². The second-order valence-corrected chi connectivity index (χ2v) is 4.61. The van der Waals surface area contributed by atoms with Gasteiger partial charge in [0.2, 0.25) is 0 Å². The quantitative estimate of drug-likeness (QED) is 0.677. The van der Waals surface area contributed by atoms with Crippen LogP contribution in [0.5, 0.6) is 0 Å². The van der Waals surface area contributed by atoms with Crippen molar-refractivity contribution in [1.82, 2.24) is 0 Å². The number of hydrogen-bond acceptors (Lipinski definition) is 2. The van der Waals surface area contributed by atoms with E-state index in [-0.39, 0.29) is 0 Å². The summed E-state index contributed by atoms with van der Waals surface area (Å²) in [5, 5.41) is 3.68. The van der Waals surface area contributed by atoms with Gasteiger partial charge in [0, 0.05) is 20.9 Å². The fourth-order valence-electron chi connectivity index (χ4n) is 0.843. The average molecular weight is 263 g/mol. The highest BCUT2D eigenvalue weighted by molar-refractivity contribution is 8.05. The molecule has 14 heavy (non-hydrogen) atoms. The first-order valence-electron chi connectivity index (χ1n) is 3.81. The molecule has 0 aliphatic heterocycles. The van der Waals surface area contributed by atoms with Gasteiger partial charge in [-0.05, 0) is 22.9 Å². The van der Waals surface area contributed by atoms with E-state index in [1.165, 1.54) is 20.9 Å². The van der Waals surface area contributed by atoms with Gasteiger partial charge < -0.3 is 0 Å². The molecule has 0 radical (unpaired) electrons. The second-order valence-electron chi connectivity index (χ2n) is 2.21. The van der Waals surface area contributed by atoms with E-state index in [1.807, 2.05) is 35.1 Å². The van der Waals surface area contributed by atoms with Crippen LogP contribution in [0.1, 0.15) is 0 Å². The molecule has 1 aromatic rings. The number of hydrogen-bond donors (Lipinski definition) is 0. The monoisotopic (exact) mass is 262 g/mol. The molecule has 4 heteroatoms. The molecule has 0 aromatic heterocycles. The number of thioether (sulfide) groups is 2. The van der Waals surface area contributed by atoms with Gasteiger partial charge in [-0.2, -0.15) is 0 Å². The zero-order valence-corrected chi connectivity index (χ0v) is 10.3. The Bertz CT molecular complexity index is 302. The third kappa shape index (κ3) is 4.01. The van der Waals surface area contributed by atoms with Crippen LogP contribution in [0.4, 0.5) is 0 Å². The molecule has 1 aromatic carbocycles. The van der Waals surface area contributed by atoms with E-state index in [4.69, 9.17) is 23.2 Å². The van der Waals surface area contributed by atoms with E-state index in [0.29, 0.717) is 0 Å². The van der Waals surface area contributed by atoms with Gasteiger partial charge in [-0.3, -0.25) is 0 Å². The third-order valence-corrected chi connectivity index (χ3v) is 3.79. The SMILES string of the molecule is Cl/C=C\Sc1ccccc1S/C=C\Cl. The molecule has 0 nitrogen and oxygen atoms in total. The Hall–Kier alpha value is -0.0200. The van der Waals surface area contributed by atoms with Gasteiger partial charge in [0.05, 0.1) is 0 Å². The lowest BCUT2D eigenvalue weighted by Gasteiger charge is -2.02. The predicted molar refractivity (Wildman–Crippen MR) is 68.1 cm³/mol. The zero-order valence-electron chi connectivity index (χ0n) is 7.19. The van der Waals surface area contributed by atoms with Gasteiger partial charge in [0.15, 0.2) is 0 Å². The van der Waals surface area contributed by atoms with Gasteiger partial charge in [-0.25, -0.2) is 0 Å². The summed E-state index contributed by atoms with van der Waals surface area (Å²) in [5.41, 5.74) is 3.01. The predicted octanol–water partition coefficient (Wildman–Crippen LogP) is 5.29. The Balaban J connectivity index is 2.79. The van der Waals surface area contributed by atoms with Crippen LogP contribution in [0.25, 0.3) is 0 Å². The van der Waals surface area contributed by atoms with Crippen molar-refractivity contribution >= 4 is 46.7 Å². The number of benzene rings is 1. The van der Waals surface area contributed by atoms with Gasteiger partial charge in [0.25, 0.3) is 0 Å². The normalized spacial score (nSPS) is 11.6. The smallest absolute Gasteiger partial charge is 0.0256 e. The molecule has 0 atom stereocenters. The molecule has 0 fully saturated rings. The van der Waals surface area contributed by atoms with Crippen molar-refractivity contribution in [2.24, 2.45) is 0 Å². The van der Waals surface area contributed by atoms with Gasteiger partial charge in [-0.1, -0.05) is 58.9 Å². The Morgan fingerprint density at radius 1 is 0.857 bits per heavy atom. The highest BCUT2D eigenvalue weighted by Crippen LogP contribution is 2.32. The van der Waals surface area contributed by atoms with Crippen LogP contribution in [0, 0.1) is 0 Å². The molecular formula is C10H8Cl2S2. The average Bonchev–Trinajstić information content (AvgIpc) is 2.24. The molecule has 0 aliphatic carbocycles. The van der Waals surface area contributed by atoms with Crippen LogP contribution < -0.4 is 0 Å². The van der Waals surface area contributed by atoms with Crippen molar-refractivity contribution in [3.8, 4) is 0 Å². The molecule has 0 N–H and O–H groups in total. The van der Waals surface area contributed by atoms with E-state index in [1.54, 1.807) is 23.5 Å². The molecule has 0 amide bonds. The van der Waals surface area contributed by atoms with Crippen LogP contribution in [-0.2, 0) is 0 Å². The van der Waals surface area contributed by atoms with Crippen molar-refractivity contribution in [2.75, 3.05) is 0 Å². The molecule has 0 spiro atoms. The lowest BCUT2D eigenvalue weighted by molar-refractivity contribution is 1.26. The molecule has 74 valence electrons. The van der Waals surface area contributed by atoms with Crippen LogP contribution in [-0.4, -0.2) is 0 Å². The minimum Gasteiger partial charge on any atom is -0.0960 e. The Labute approximate surface area is 102 Å². The van der Waals surface area contributed by atoms with Crippen LogP contribution in [0.3, 0.4) is 0 Å². The van der Waals surface area contributed by atoms with Gasteiger partial charge >= 0.3 is 0 Å². The fourth-order valence-corrected chi connectivity index (χ4v) is 2.52. The van der Waals surface area contributed by atoms with E-state index in [2.05, 4.69) is 0 Å². The topological polar surface area (TPSA) is 0 Å². The highest BCUT2D eigenvalue weighted by atomic mass is 35.5. The molecule has 0 unspecified atom stereocenters. The first-order valence-corrected chi connectivity index (χ1v) is 6.44. The third-order valence-electron chi connectivity index (χ3n) is 1.34. The lowest BCUT2D eigenvalue weighted by Crippen LogP contribution is -1.73. The van der Waals surface area contributed by atoms with Crippen molar-refractivity contribution in [3.63, 3.8) is 0 Å². The molecule has 0 aliphatic rings.